The van der Waals surface area contributed by atoms with Crippen LogP contribution in [0.3, 0.4) is 0 Å². The summed E-state index contributed by atoms with van der Waals surface area (Å²) in [6, 6.07) is 7.03. The summed E-state index contributed by atoms with van der Waals surface area (Å²) in [6.07, 6.45) is 4.10. The molecule has 82 valence electrons. The van der Waals surface area contributed by atoms with Crippen LogP contribution in [0.2, 0.25) is 0 Å². The van der Waals surface area contributed by atoms with Crippen LogP contribution in [0.25, 0.3) is 0 Å². The van der Waals surface area contributed by atoms with Crippen molar-refractivity contribution in [2.45, 2.75) is 6.10 Å². The quantitative estimate of drug-likeness (QED) is 0.846. The number of pyridine rings is 2. The van der Waals surface area contributed by atoms with Crippen LogP contribution in [-0.4, -0.2) is 22.2 Å². The summed E-state index contributed by atoms with van der Waals surface area (Å²) in [5.41, 5.74) is 1.25. The molecule has 1 unspecified atom stereocenters. The van der Waals surface area contributed by atoms with E-state index in [0.29, 0.717) is 11.4 Å². The number of nitrogens with zero attached hydrogens (tertiary/aromatic N) is 2. The summed E-state index contributed by atoms with van der Waals surface area (Å²) in [7, 11) is 1.56. The molecule has 4 nitrogen and oxygen atoms in total. The number of aliphatic hydroxyl groups excluding tert-OH is 1. The zero-order chi connectivity index (χ0) is 11.4. The average Bonchev–Trinajstić information content (AvgIpc) is 2.39. The van der Waals surface area contributed by atoms with Crippen molar-refractivity contribution in [1.29, 1.82) is 0 Å². The smallest absolute Gasteiger partial charge is 0.143 e. The van der Waals surface area contributed by atoms with Crippen LogP contribution in [0.5, 0.6) is 5.75 Å². The maximum atomic E-state index is 10.1. The van der Waals surface area contributed by atoms with Gasteiger partial charge in [-0.2, -0.15) is 0 Å². The van der Waals surface area contributed by atoms with Crippen molar-refractivity contribution in [3.8, 4) is 5.75 Å². The minimum Gasteiger partial charge on any atom is -0.495 e. The molecule has 0 amide bonds. The molecule has 2 rings (SSSR count). The van der Waals surface area contributed by atoms with Gasteiger partial charge in [0.05, 0.1) is 7.11 Å². The van der Waals surface area contributed by atoms with Gasteiger partial charge in [0, 0.05) is 18.6 Å². The molecule has 0 aliphatic carbocycles. The van der Waals surface area contributed by atoms with Gasteiger partial charge in [-0.3, -0.25) is 9.97 Å². The minimum absolute atomic E-state index is 0.510. The third-order valence-electron chi connectivity index (χ3n) is 2.30. The summed E-state index contributed by atoms with van der Waals surface area (Å²) < 4.78 is 5.15. The lowest BCUT2D eigenvalue weighted by Gasteiger charge is -2.13. The van der Waals surface area contributed by atoms with E-state index in [1.807, 2.05) is 0 Å². The number of rotatable bonds is 3. The van der Waals surface area contributed by atoms with Crippen molar-refractivity contribution in [1.82, 2.24) is 9.97 Å². The Labute approximate surface area is 93.6 Å². The Kier molecular flexibility index (Phi) is 3.12. The number of ether oxygens (including phenoxy) is 1. The lowest BCUT2D eigenvalue weighted by Crippen LogP contribution is -2.04. The molecule has 2 aromatic rings. The van der Waals surface area contributed by atoms with Crippen LogP contribution in [-0.2, 0) is 0 Å². The Morgan fingerprint density at radius 1 is 1.19 bits per heavy atom. The van der Waals surface area contributed by atoms with Gasteiger partial charge in [0.1, 0.15) is 17.5 Å². The summed E-state index contributed by atoms with van der Waals surface area (Å²) in [6.45, 7) is 0. The van der Waals surface area contributed by atoms with E-state index in [0.717, 1.165) is 5.56 Å². The van der Waals surface area contributed by atoms with E-state index in [1.54, 1.807) is 50.0 Å². The predicted molar refractivity (Wildman–Crippen MR) is 59.1 cm³/mol. The third kappa shape index (κ3) is 2.01. The Hall–Kier alpha value is -1.94. The molecule has 0 aliphatic rings. The zero-order valence-corrected chi connectivity index (χ0v) is 8.87. The molecule has 0 saturated carbocycles. The number of aliphatic hydroxyl groups is 1. The maximum absolute atomic E-state index is 10.1. The first-order chi connectivity index (χ1) is 7.83. The predicted octanol–water partition coefficient (Wildman–Crippen LogP) is 1.57. The Morgan fingerprint density at radius 2 is 1.94 bits per heavy atom. The van der Waals surface area contributed by atoms with Crippen molar-refractivity contribution in [2.24, 2.45) is 0 Å². The Balaban J connectivity index is 2.37. The number of hydrogen-bond donors (Lipinski definition) is 1. The molecule has 0 spiro atoms. The molecule has 0 radical (unpaired) electrons. The fraction of sp³-hybridized carbons (Fsp3) is 0.167. The first-order valence-corrected chi connectivity index (χ1v) is 4.90. The van der Waals surface area contributed by atoms with Gasteiger partial charge in [-0.1, -0.05) is 0 Å². The molecule has 1 N–H and O–H groups in total. The number of hydrogen-bond acceptors (Lipinski definition) is 4. The molecule has 2 aromatic heterocycles. The van der Waals surface area contributed by atoms with Gasteiger partial charge in [0.2, 0.25) is 0 Å². The molecule has 0 aromatic carbocycles. The second-order valence-electron chi connectivity index (χ2n) is 3.27. The highest BCUT2D eigenvalue weighted by Gasteiger charge is 2.15. The first-order valence-electron chi connectivity index (χ1n) is 4.90. The Morgan fingerprint density at radius 3 is 2.62 bits per heavy atom. The van der Waals surface area contributed by atoms with Crippen LogP contribution >= 0.6 is 0 Å². The van der Waals surface area contributed by atoms with Gasteiger partial charge in [-0.05, 0) is 29.8 Å². The highest BCUT2D eigenvalue weighted by Crippen LogP contribution is 2.26. The summed E-state index contributed by atoms with van der Waals surface area (Å²) in [5.74, 6) is 0.576. The van der Waals surface area contributed by atoms with Crippen molar-refractivity contribution in [2.75, 3.05) is 7.11 Å². The largest absolute Gasteiger partial charge is 0.495 e. The summed E-state index contributed by atoms with van der Waals surface area (Å²) in [5, 5.41) is 10.1. The van der Waals surface area contributed by atoms with Gasteiger partial charge in [-0.15, -0.1) is 0 Å². The second-order valence-corrected chi connectivity index (χ2v) is 3.27. The lowest BCUT2D eigenvalue weighted by atomic mass is 10.1. The van der Waals surface area contributed by atoms with Crippen LogP contribution in [0.1, 0.15) is 17.4 Å². The average molecular weight is 216 g/mol. The van der Waals surface area contributed by atoms with Crippen LogP contribution in [0.4, 0.5) is 0 Å². The van der Waals surface area contributed by atoms with E-state index in [2.05, 4.69) is 9.97 Å². The third-order valence-corrected chi connectivity index (χ3v) is 2.30. The van der Waals surface area contributed by atoms with E-state index in [-0.39, 0.29) is 0 Å². The molecule has 0 fully saturated rings. The molecule has 0 saturated heterocycles. The zero-order valence-electron chi connectivity index (χ0n) is 8.87. The molecule has 0 aliphatic heterocycles. The second kappa shape index (κ2) is 4.72. The molecule has 1 atom stereocenters. The monoisotopic (exact) mass is 216 g/mol. The van der Waals surface area contributed by atoms with E-state index < -0.39 is 6.10 Å². The van der Waals surface area contributed by atoms with Gasteiger partial charge < -0.3 is 9.84 Å². The topological polar surface area (TPSA) is 55.2 Å². The standard InChI is InChI=1S/C12H12N2O2/c1-16-10-3-2-6-14-11(10)12(15)9-4-7-13-8-5-9/h2-8,12,15H,1H3. The van der Waals surface area contributed by atoms with Crippen molar-refractivity contribution in [3.05, 3.63) is 54.1 Å². The molecular formula is C12H12N2O2. The van der Waals surface area contributed by atoms with Crippen LogP contribution in [0, 0.1) is 0 Å². The van der Waals surface area contributed by atoms with Crippen LogP contribution in [0.15, 0.2) is 42.9 Å². The number of methoxy groups -OCH3 is 1. The van der Waals surface area contributed by atoms with Crippen molar-refractivity contribution < 1.29 is 9.84 Å². The van der Waals surface area contributed by atoms with E-state index in [9.17, 15) is 5.11 Å². The molecule has 0 bridgehead atoms. The summed E-state index contributed by atoms with van der Waals surface area (Å²) >= 11 is 0. The normalized spacial score (nSPS) is 12.1. The minimum atomic E-state index is -0.792. The first kappa shape index (κ1) is 10.6. The van der Waals surface area contributed by atoms with Gasteiger partial charge >= 0.3 is 0 Å². The summed E-state index contributed by atoms with van der Waals surface area (Å²) in [4.78, 5) is 8.03. The van der Waals surface area contributed by atoms with E-state index in [4.69, 9.17) is 4.74 Å². The van der Waals surface area contributed by atoms with Crippen LogP contribution < -0.4 is 4.74 Å². The van der Waals surface area contributed by atoms with Gasteiger partial charge in [-0.25, -0.2) is 0 Å². The lowest BCUT2D eigenvalue weighted by molar-refractivity contribution is 0.209. The van der Waals surface area contributed by atoms with E-state index in [1.165, 1.54) is 0 Å². The fourth-order valence-electron chi connectivity index (χ4n) is 1.48. The fourth-order valence-corrected chi connectivity index (χ4v) is 1.48. The van der Waals surface area contributed by atoms with Gasteiger partial charge in [0.15, 0.2) is 0 Å². The highest BCUT2D eigenvalue weighted by molar-refractivity contribution is 5.34. The highest BCUT2D eigenvalue weighted by atomic mass is 16.5. The van der Waals surface area contributed by atoms with Crippen molar-refractivity contribution in [3.63, 3.8) is 0 Å². The molecular weight excluding hydrogens is 204 g/mol. The Bertz CT molecular complexity index is 460. The molecule has 4 heteroatoms. The maximum Gasteiger partial charge on any atom is 0.143 e. The van der Waals surface area contributed by atoms with Gasteiger partial charge in [0.25, 0.3) is 0 Å². The molecule has 2 heterocycles. The SMILES string of the molecule is COc1cccnc1C(O)c1ccncc1. The van der Waals surface area contributed by atoms with E-state index >= 15 is 0 Å². The van der Waals surface area contributed by atoms with Crippen molar-refractivity contribution >= 4 is 0 Å². The number of aromatic nitrogens is 2. The molecule has 16 heavy (non-hydrogen) atoms.